The minimum absolute atomic E-state index is 0.403. The summed E-state index contributed by atoms with van der Waals surface area (Å²) in [5, 5.41) is 10.2. The Hall–Kier alpha value is -1.82. The van der Waals surface area contributed by atoms with Gasteiger partial charge in [0, 0.05) is 46.6 Å². The maximum atomic E-state index is 5.26. The lowest BCUT2D eigenvalue weighted by Crippen LogP contribution is -2.47. The summed E-state index contributed by atoms with van der Waals surface area (Å²) in [6.45, 7) is 3.69. The molecule has 1 aromatic heterocycles. The highest BCUT2D eigenvalue weighted by Gasteiger charge is 2.36. The largest absolute Gasteiger partial charge is 0.385 e. The van der Waals surface area contributed by atoms with Crippen molar-refractivity contribution in [3.63, 3.8) is 0 Å². The third kappa shape index (κ3) is 6.90. The third-order valence-corrected chi connectivity index (χ3v) is 4.97. The fourth-order valence-corrected chi connectivity index (χ4v) is 3.14. The van der Waals surface area contributed by atoms with Crippen molar-refractivity contribution in [1.29, 1.82) is 0 Å². The maximum Gasteiger partial charge on any atom is 0.190 e. The number of hydrogen-bond donors (Lipinski definition) is 3. The number of nitrogens with zero attached hydrogens (tertiary/aromatic N) is 2. The van der Waals surface area contributed by atoms with Crippen molar-refractivity contribution in [3.05, 3.63) is 24.4 Å². The van der Waals surface area contributed by atoms with Crippen molar-refractivity contribution in [2.45, 2.75) is 38.5 Å². The summed E-state index contributed by atoms with van der Waals surface area (Å²) in [4.78, 5) is 8.59. The van der Waals surface area contributed by atoms with Crippen LogP contribution < -0.4 is 16.0 Å². The highest BCUT2D eigenvalue weighted by molar-refractivity contribution is 5.79. The molecule has 1 aliphatic rings. The molecule has 6 nitrogen and oxygen atoms in total. The second kappa shape index (κ2) is 10.9. The van der Waals surface area contributed by atoms with Crippen LogP contribution >= 0.6 is 0 Å². The first-order chi connectivity index (χ1) is 12.3. The molecule has 0 bridgehead atoms. The van der Waals surface area contributed by atoms with Gasteiger partial charge in [0.25, 0.3) is 0 Å². The zero-order valence-corrected chi connectivity index (χ0v) is 15.7. The number of hydrogen-bond acceptors (Lipinski definition) is 4. The van der Waals surface area contributed by atoms with Gasteiger partial charge in [0.2, 0.25) is 0 Å². The van der Waals surface area contributed by atoms with Crippen LogP contribution in [0.2, 0.25) is 0 Å². The summed E-state index contributed by atoms with van der Waals surface area (Å²) in [5.74, 6) is 1.84. The van der Waals surface area contributed by atoms with E-state index in [1.165, 1.54) is 19.3 Å². The Labute approximate surface area is 151 Å². The number of nitrogens with one attached hydrogen (secondary N) is 3. The smallest absolute Gasteiger partial charge is 0.190 e. The van der Waals surface area contributed by atoms with Gasteiger partial charge in [-0.15, -0.1) is 0 Å². The molecule has 1 fully saturated rings. The minimum Gasteiger partial charge on any atom is -0.385 e. The molecule has 1 aliphatic carbocycles. The maximum absolute atomic E-state index is 5.26. The monoisotopic (exact) mass is 347 g/mol. The molecular weight excluding hydrogens is 314 g/mol. The summed E-state index contributed by atoms with van der Waals surface area (Å²) in [5.41, 5.74) is 0.403. The molecule has 25 heavy (non-hydrogen) atoms. The third-order valence-electron chi connectivity index (χ3n) is 4.97. The number of rotatable bonds is 11. The topological polar surface area (TPSA) is 70.6 Å². The molecule has 0 aliphatic heterocycles. The molecule has 140 valence electrons. The van der Waals surface area contributed by atoms with Crippen molar-refractivity contribution in [1.82, 2.24) is 15.6 Å². The van der Waals surface area contributed by atoms with E-state index in [0.717, 1.165) is 57.3 Å². The van der Waals surface area contributed by atoms with Gasteiger partial charge in [-0.25, -0.2) is 4.98 Å². The number of ether oxygens (including phenoxy) is 1. The molecule has 0 saturated heterocycles. The van der Waals surface area contributed by atoms with E-state index >= 15 is 0 Å². The van der Waals surface area contributed by atoms with Gasteiger partial charge >= 0.3 is 0 Å². The van der Waals surface area contributed by atoms with E-state index < -0.39 is 0 Å². The molecule has 0 atom stereocenters. The molecule has 6 heteroatoms. The average Bonchev–Trinajstić information content (AvgIpc) is 2.62. The number of methoxy groups -OCH3 is 1. The Balaban J connectivity index is 1.56. The molecule has 2 rings (SSSR count). The highest BCUT2D eigenvalue weighted by atomic mass is 16.5. The van der Waals surface area contributed by atoms with Crippen LogP contribution in [0, 0.1) is 5.41 Å². The Kier molecular flexibility index (Phi) is 8.52. The van der Waals surface area contributed by atoms with Crippen molar-refractivity contribution in [2.75, 3.05) is 45.7 Å². The number of unbranched alkanes of at least 4 members (excludes halogenated alkanes) is 1. The van der Waals surface area contributed by atoms with Crippen molar-refractivity contribution < 1.29 is 4.74 Å². The van der Waals surface area contributed by atoms with Gasteiger partial charge in [0.1, 0.15) is 5.82 Å². The van der Waals surface area contributed by atoms with Gasteiger partial charge in [0.15, 0.2) is 5.96 Å². The fraction of sp³-hybridized carbons (Fsp3) is 0.684. The Morgan fingerprint density at radius 3 is 2.72 bits per heavy atom. The lowest BCUT2D eigenvalue weighted by molar-refractivity contribution is 0.0732. The van der Waals surface area contributed by atoms with Crippen LogP contribution in [0.15, 0.2) is 29.4 Å². The molecule has 1 saturated carbocycles. The van der Waals surface area contributed by atoms with Gasteiger partial charge in [-0.2, -0.15) is 0 Å². The van der Waals surface area contributed by atoms with Crippen LogP contribution in [0.4, 0.5) is 5.82 Å². The summed E-state index contributed by atoms with van der Waals surface area (Å²) in [6, 6.07) is 5.91. The Bertz CT molecular complexity index is 502. The van der Waals surface area contributed by atoms with Gasteiger partial charge < -0.3 is 20.7 Å². The van der Waals surface area contributed by atoms with E-state index in [1.54, 1.807) is 13.3 Å². The first kappa shape index (κ1) is 19.5. The summed E-state index contributed by atoms with van der Waals surface area (Å²) in [6.07, 6.45) is 9.04. The molecule has 1 heterocycles. The molecule has 0 radical (unpaired) electrons. The Morgan fingerprint density at radius 2 is 2.08 bits per heavy atom. The number of aromatic nitrogens is 1. The van der Waals surface area contributed by atoms with E-state index in [1.807, 2.05) is 25.2 Å². The van der Waals surface area contributed by atoms with E-state index in [0.29, 0.717) is 5.41 Å². The average molecular weight is 348 g/mol. The molecule has 0 amide bonds. The zero-order chi connectivity index (χ0) is 17.8. The van der Waals surface area contributed by atoms with Gasteiger partial charge in [-0.1, -0.05) is 12.5 Å². The van der Waals surface area contributed by atoms with Crippen LogP contribution in [-0.4, -0.2) is 51.3 Å². The number of pyridine rings is 1. The van der Waals surface area contributed by atoms with Gasteiger partial charge in [0.05, 0.1) is 0 Å². The molecule has 3 N–H and O–H groups in total. The van der Waals surface area contributed by atoms with E-state index in [9.17, 15) is 0 Å². The lowest BCUT2D eigenvalue weighted by atomic mass is 9.67. The standard InChI is InChI=1S/C19H33N5O/c1-20-18(24-16-19(9-7-10-19)11-15-25-2)23-14-6-5-13-22-17-8-3-4-12-21-17/h3-4,8,12H,5-7,9-11,13-16H2,1-2H3,(H,21,22)(H2,20,23,24). The Morgan fingerprint density at radius 1 is 1.24 bits per heavy atom. The van der Waals surface area contributed by atoms with Gasteiger partial charge in [-0.05, 0) is 49.7 Å². The van der Waals surface area contributed by atoms with E-state index in [2.05, 4.69) is 25.9 Å². The second-order valence-electron chi connectivity index (χ2n) is 6.80. The zero-order valence-electron chi connectivity index (χ0n) is 15.7. The second-order valence-corrected chi connectivity index (χ2v) is 6.80. The minimum atomic E-state index is 0.403. The SMILES string of the molecule is CN=C(NCCCCNc1ccccn1)NCC1(CCOC)CCC1. The molecule has 1 aromatic rings. The first-order valence-electron chi connectivity index (χ1n) is 9.36. The lowest BCUT2D eigenvalue weighted by Gasteiger charge is -2.42. The summed E-state index contributed by atoms with van der Waals surface area (Å²) < 4.78 is 5.26. The molecule has 0 unspecified atom stereocenters. The normalized spacial score (nSPS) is 16.2. The van der Waals surface area contributed by atoms with Crippen molar-refractivity contribution >= 4 is 11.8 Å². The predicted molar refractivity (Wildman–Crippen MR) is 104 cm³/mol. The van der Waals surface area contributed by atoms with E-state index in [4.69, 9.17) is 4.74 Å². The van der Waals surface area contributed by atoms with Crippen LogP contribution in [0.1, 0.15) is 38.5 Å². The predicted octanol–water partition coefficient (Wildman–Crippen LogP) is 2.65. The van der Waals surface area contributed by atoms with Crippen LogP contribution in [0.5, 0.6) is 0 Å². The van der Waals surface area contributed by atoms with Crippen LogP contribution in [-0.2, 0) is 4.74 Å². The fourth-order valence-electron chi connectivity index (χ4n) is 3.14. The molecule has 0 aromatic carbocycles. The summed E-state index contributed by atoms with van der Waals surface area (Å²) >= 11 is 0. The molecule has 0 spiro atoms. The summed E-state index contributed by atoms with van der Waals surface area (Å²) in [7, 11) is 3.61. The number of guanidine groups is 1. The first-order valence-corrected chi connectivity index (χ1v) is 9.36. The van der Waals surface area contributed by atoms with Crippen molar-refractivity contribution in [2.24, 2.45) is 10.4 Å². The highest BCUT2D eigenvalue weighted by Crippen LogP contribution is 2.43. The van der Waals surface area contributed by atoms with Crippen LogP contribution in [0.3, 0.4) is 0 Å². The van der Waals surface area contributed by atoms with Crippen molar-refractivity contribution in [3.8, 4) is 0 Å². The quantitative estimate of drug-likeness (QED) is 0.326. The number of aliphatic imine (C=N–C) groups is 1. The van der Waals surface area contributed by atoms with E-state index in [-0.39, 0.29) is 0 Å². The number of anilines is 1. The molecular formula is C19H33N5O. The van der Waals surface area contributed by atoms with Crippen LogP contribution in [0.25, 0.3) is 0 Å². The van der Waals surface area contributed by atoms with Gasteiger partial charge in [-0.3, -0.25) is 4.99 Å².